The molecule has 0 unspecified atom stereocenters. The maximum absolute atomic E-state index is 13.3. The molecule has 11 heteroatoms. The number of benzene rings is 2. The zero-order valence-corrected chi connectivity index (χ0v) is 21.9. The van der Waals surface area contributed by atoms with E-state index in [1.807, 2.05) is 6.92 Å². The Kier molecular flexibility index (Phi) is 8.80. The number of carbonyl (C=O) groups is 2. The van der Waals surface area contributed by atoms with E-state index in [9.17, 15) is 18.0 Å². The van der Waals surface area contributed by atoms with Crippen LogP contribution in [0.1, 0.15) is 35.7 Å². The topological polar surface area (TPSA) is 120 Å². The molecule has 1 heterocycles. The van der Waals surface area contributed by atoms with E-state index >= 15 is 0 Å². The third kappa shape index (κ3) is 5.73. The Morgan fingerprint density at radius 1 is 1.06 bits per heavy atom. The van der Waals surface area contributed by atoms with Crippen molar-refractivity contribution in [3.63, 3.8) is 0 Å². The molecule has 0 aromatic heterocycles. The molecule has 1 fully saturated rings. The van der Waals surface area contributed by atoms with Crippen LogP contribution in [0.2, 0.25) is 0 Å². The Morgan fingerprint density at radius 3 is 2.36 bits per heavy atom. The Balaban J connectivity index is 1.82. The quantitative estimate of drug-likeness (QED) is 0.501. The van der Waals surface area contributed by atoms with E-state index in [1.54, 1.807) is 19.1 Å². The first-order chi connectivity index (χ1) is 17.2. The van der Waals surface area contributed by atoms with Gasteiger partial charge in [-0.05, 0) is 50.5 Å². The SMILES string of the molecule is CCOc1ccc(S(=O)(=O)N2CCC[C@H](C(=O)Nc3cc(OC)c(OC)cc3C(=O)OC)C2)cc1C. The maximum Gasteiger partial charge on any atom is 0.340 e. The summed E-state index contributed by atoms with van der Waals surface area (Å²) in [5.74, 6) is -0.435. The molecule has 0 spiro atoms. The molecule has 2 aromatic rings. The molecule has 36 heavy (non-hydrogen) atoms. The van der Waals surface area contributed by atoms with Crippen LogP contribution in [0.3, 0.4) is 0 Å². The predicted molar refractivity (Wildman–Crippen MR) is 133 cm³/mol. The van der Waals surface area contributed by atoms with Gasteiger partial charge in [0, 0.05) is 25.2 Å². The number of ether oxygens (including phenoxy) is 4. The first-order valence-corrected chi connectivity index (χ1v) is 13.0. The fourth-order valence-electron chi connectivity index (χ4n) is 4.12. The number of carbonyl (C=O) groups excluding carboxylic acids is 2. The molecule has 1 saturated heterocycles. The van der Waals surface area contributed by atoms with Crippen molar-refractivity contribution in [1.29, 1.82) is 0 Å². The minimum Gasteiger partial charge on any atom is -0.494 e. The first-order valence-electron chi connectivity index (χ1n) is 11.5. The second kappa shape index (κ2) is 11.6. The van der Waals surface area contributed by atoms with Gasteiger partial charge in [0.25, 0.3) is 0 Å². The van der Waals surface area contributed by atoms with Crippen LogP contribution < -0.4 is 19.5 Å². The molecule has 1 amide bonds. The number of hydrogen-bond donors (Lipinski definition) is 1. The highest BCUT2D eigenvalue weighted by Crippen LogP contribution is 2.35. The molecule has 2 aromatic carbocycles. The minimum absolute atomic E-state index is 0.0152. The van der Waals surface area contributed by atoms with E-state index in [4.69, 9.17) is 18.9 Å². The molecule has 1 aliphatic rings. The van der Waals surface area contributed by atoms with Gasteiger partial charge in [-0.1, -0.05) is 0 Å². The molecule has 1 aliphatic heterocycles. The largest absolute Gasteiger partial charge is 0.494 e. The van der Waals surface area contributed by atoms with Crippen LogP contribution in [0.25, 0.3) is 0 Å². The third-order valence-electron chi connectivity index (χ3n) is 6.03. The average Bonchev–Trinajstić information content (AvgIpc) is 2.89. The number of methoxy groups -OCH3 is 3. The van der Waals surface area contributed by atoms with Crippen LogP contribution in [-0.2, 0) is 19.6 Å². The summed E-state index contributed by atoms with van der Waals surface area (Å²) in [6.07, 6.45) is 1.02. The lowest BCUT2D eigenvalue weighted by Crippen LogP contribution is -2.43. The molecule has 0 bridgehead atoms. The van der Waals surface area contributed by atoms with E-state index < -0.39 is 27.8 Å². The van der Waals surface area contributed by atoms with E-state index in [0.29, 0.717) is 48.8 Å². The molecular weight excluding hydrogens is 488 g/mol. The van der Waals surface area contributed by atoms with Crippen molar-refractivity contribution >= 4 is 27.6 Å². The van der Waals surface area contributed by atoms with Gasteiger partial charge in [-0.15, -0.1) is 0 Å². The number of nitrogens with one attached hydrogen (secondary N) is 1. The van der Waals surface area contributed by atoms with Gasteiger partial charge in [-0.25, -0.2) is 13.2 Å². The van der Waals surface area contributed by atoms with Gasteiger partial charge >= 0.3 is 5.97 Å². The fraction of sp³-hybridized carbons (Fsp3) is 0.440. The van der Waals surface area contributed by atoms with Crippen LogP contribution in [0, 0.1) is 12.8 Å². The van der Waals surface area contributed by atoms with Gasteiger partial charge in [0.05, 0.1) is 50.0 Å². The number of piperidine rings is 1. The van der Waals surface area contributed by atoms with Gasteiger partial charge in [0.15, 0.2) is 11.5 Å². The molecule has 1 N–H and O–H groups in total. The molecule has 0 radical (unpaired) electrons. The van der Waals surface area contributed by atoms with Gasteiger partial charge < -0.3 is 24.3 Å². The molecule has 1 atom stereocenters. The van der Waals surface area contributed by atoms with Crippen molar-refractivity contribution in [2.45, 2.75) is 31.6 Å². The molecule has 10 nitrogen and oxygen atoms in total. The number of sulfonamides is 1. The number of amides is 1. The summed E-state index contributed by atoms with van der Waals surface area (Å²) in [7, 11) is 0.289. The van der Waals surface area contributed by atoms with Crippen molar-refractivity contribution in [1.82, 2.24) is 4.31 Å². The highest BCUT2D eigenvalue weighted by molar-refractivity contribution is 7.89. The predicted octanol–water partition coefficient (Wildman–Crippen LogP) is 3.24. The van der Waals surface area contributed by atoms with Crippen molar-refractivity contribution < 1.29 is 37.0 Å². The summed E-state index contributed by atoms with van der Waals surface area (Å²) in [5.41, 5.74) is 0.994. The van der Waals surface area contributed by atoms with Crippen molar-refractivity contribution in [2.24, 2.45) is 5.92 Å². The summed E-state index contributed by atoms with van der Waals surface area (Å²) < 4.78 is 48.9. The summed E-state index contributed by atoms with van der Waals surface area (Å²) in [6, 6.07) is 7.64. The highest BCUT2D eigenvalue weighted by Gasteiger charge is 2.34. The Morgan fingerprint density at radius 2 is 1.75 bits per heavy atom. The van der Waals surface area contributed by atoms with Gasteiger partial charge in [-0.3, -0.25) is 4.79 Å². The normalized spacial score (nSPS) is 16.2. The lowest BCUT2D eigenvalue weighted by atomic mass is 9.98. The molecular formula is C25H32N2O8S. The van der Waals surface area contributed by atoms with E-state index in [0.717, 1.165) is 0 Å². The van der Waals surface area contributed by atoms with Crippen molar-refractivity contribution in [3.8, 4) is 17.2 Å². The maximum atomic E-state index is 13.3. The smallest absolute Gasteiger partial charge is 0.340 e. The number of hydrogen-bond acceptors (Lipinski definition) is 8. The Hall–Kier alpha value is -3.31. The fourth-order valence-corrected chi connectivity index (χ4v) is 5.73. The standard InChI is InChI=1S/C25H32N2O8S/c1-6-35-21-10-9-18(12-16(21)2)36(30,31)27-11-7-8-17(15-27)24(28)26-20-14-23(33-4)22(32-3)13-19(20)25(29)34-5/h9-10,12-14,17H,6-8,11,15H2,1-5H3,(H,26,28)/t17-/m0/s1. The zero-order valence-electron chi connectivity index (χ0n) is 21.1. The van der Waals surface area contributed by atoms with Crippen LogP contribution in [0.4, 0.5) is 5.69 Å². The first kappa shape index (κ1) is 27.3. The van der Waals surface area contributed by atoms with E-state index in [2.05, 4.69) is 5.32 Å². The average molecular weight is 521 g/mol. The molecule has 0 saturated carbocycles. The number of anilines is 1. The molecule has 3 rings (SSSR count). The number of nitrogens with zero attached hydrogens (tertiary/aromatic N) is 1. The Labute approximate surface area is 211 Å². The van der Waals surface area contributed by atoms with Gasteiger partial charge in [-0.2, -0.15) is 4.31 Å². The van der Waals surface area contributed by atoms with Crippen LogP contribution in [0.15, 0.2) is 35.2 Å². The van der Waals surface area contributed by atoms with E-state index in [-0.39, 0.29) is 22.7 Å². The lowest BCUT2D eigenvalue weighted by Gasteiger charge is -2.31. The Bertz CT molecular complexity index is 1230. The molecule has 0 aliphatic carbocycles. The number of esters is 1. The number of rotatable bonds is 9. The van der Waals surface area contributed by atoms with Crippen LogP contribution in [-0.4, -0.2) is 65.6 Å². The molecule has 196 valence electrons. The minimum atomic E-state index is -3.81. The zero-order chi connectivity index (χ0) is 26.5. The van der Waals surface area contributed by atoms with Gasteiger partial charge in [0.1, 0.15) is 5.75 Å². The second-order valence-electron chi connectivity index (χ2n) is 8.30. The summed E-state index contributed by atoms with van der Waals surface area (Å²) in [5, 5.41) is 2.75. The van der Waals surface area contributed by atoms with Crippen molar-refractivity contribution in [2.75, 3.05) is 46.3 Å². The second-order valence-corrected chi connectivity index (χ2v) is 10.2. The summed E-state index contributed by atoms with van der Waals surface area (Å²) in [4.78, 5) is 25.7. The lowest BCUT2D eigenvalue weighted by molar-refractivity contribution is -0.120. The third-order valence-corrected chi connectivity index (χ3v) is 7.89. The highest BCUT2D eigenvalue weighted by atomic mass is 32.2. The summed E-state index contributed by atoms with van der Waals surface area (Å²) in [6.45, 7) is 4.45. The monoisotopic (exact) mass is 520 g/mol. The van der Waals surface area contributed by atoms with Crippen molar-refractivity contribution in [3.05, 3.63) is 41.5 Å². The van der Waals surface area contributed by atoms with Crippen LogP contribution in [0.5, 0.6) is 17.2 Å². The van der Waals surface area contributed by atoms with Gasteiger partial charge in [0.2, 0.25) is 15.9 Å². The van der Waals surface area contributed by atoms with Crippen LogP contribution >= 0.6 is 0 Å². The van der Waals surface area contributed by atoms with E-state index in [1.165, 1.54) is 43.8 Å². The summed E-state index contributed by atoms with van der Waals surface area (Å²) >= 11 is 0. The number of aryl methyl sites for hydroxylation is 1.